The van der Waals surface area contributed by atoms with Crippen LogP contribution in [-0.2, 0) is 19.1 Å². The monoisotopic (exact) mass is 668 g/mol. The van der Waals surface area contributed by atoms with Gasteiger partial charge in [-0.2, -0.15) is 0 Å². The minimum atomic E-state index is -1.36. The SMILES string of the molecule is C/C=C(\C)C(=O)OC[C@]1(C)C2CC[C@]3(C)C(CC=C4C5CC(C)(C)C(O)=C(OC(=O)/C(C)=C/C)[C@]5(CO)[C@H](O)C[C@]43C)[C@@]2(C)CC[C@@H]1O. The van der Waals surface area contributed by atoms with Gasteiger partial charge in [0.1, 0.15) is 5.76 Å². The lowest BCUT2D eigenvalue weighted by atomic mass is 9.33. The van der Waals surface area contributed by atoms with Gasteiger partial charge in [0.2, 0.25) is 0 Å². The van der Waals surface area contributed by atoms with E-state index in [1.54, 1.807) is 32.9 Å². The Balaban J connectivity index is 1.58. The molecule has 0 aliphatic heterocycles. The van der Waals surface area contributed by atoms with Gasteiger partial charge >= 0.3 is 11.9 Å². The predicted octanol–water partition coefficient (Wildman–Crippen LogP) is 7.10. The van der Waals surface area contributed by atoms with Crippen molar-refractivity contribution in [2.75, 3.05) is 13.2 Å². The molecule has 8 heteroatoms. The van der Waals surface area contributed by atoms with Gasteiger partial charge in [0.25, 0.3) is 0 Å². The summed E-state index contributed by atoms with van der Waals surface area (Å²) in [6, 6.07) is 0. The van der Waals surface area contributed by atoms with Gasteiger partial charge in [0, 0.05) is 22.0 Å². The Labute approximate surface area is 287 Å². The van der Waals surface area contributed by atoms with Gasteiger partial charge in [-0.1, -0.05) is 65.3 Å². The van der Waals surface area contributed by atoms with Crippen molar-refractivity contribution < 1.29 is 39.5 Å². The van der Waals surface area contributed by atoms with Crippen LogP contribution in [0.4, 0.5) is 0 Å². The van der Waals surface area contributed by atoms with E-state index in [2.05, 4.69) is 33.8 Å². The summed E-state index contributed by atoms with van der Waals surface area (Å²) in [6.45, 7) is 19.6. The van der Waals surface area contributed by atoms with Crippen molar-refractivity contribution in [3.05, 3.63) is 46.5 Å². The van der Waals surface area contributed by atoms with Gasteiger partial charge in [-0.25, -0.2) is 9.59 Å². The van der Waals surface area contributed by atoms with Crippen LogP contribution in [0, 0.1) is 50.2 Å². The van der Waals surface area contributed by atoms with Crippen LogP contribution in [0.5, 0.6) is 0 Å². The minimum absolute atomic E-state index is 0.00409. The number of aliphatic hydroxyl groups excluding tert-OH is 4. The Morgan fingerprint density at radius 3 is 2.12 bits per heavy atom. The number of hydrogen-bond donors (Lipinski definition) is 4. The zero-order valence-corrected chi connectivity index (χ0v) is 30.9. The summed E-state index contributed by atoms with van der Waals surface area (Å²) in [5, 5.41) is 46.6. The van der Waals surface area contributed by atoms with Gasteiger partial charge in [0.05, 0.1) is 30.8 Å². The van der Waals surface area contributed by atoms with Crippen LogP contribution in [0.15, 0.2) is 46.5 Å². The fourth-order valence-corrected chi connectivity index (χ4v) is 11.4. The van der Waals surface area contributed by atoms with Crippen LogP contribution in [0.3, 0.4) is 0 Å². The minimum Gasteiger partial charge on any atom is -0.508 e. The van der Waals surface area contributed by atoms with Gasteiger partial charge < -0.3 is 29.9 Å². The van der Waals surface area contributed by atoms with Crippen LogP contribution < -0.4 is 0 Å². The summed E-state index contributed by atoms with van der Waals surface area (Å²) in [5.74, 6) is -1.03. The lowest BCUT2D eigenvalue weighted by Crippen LogP contribution is -2.68. The molecule has 0 aromatic heterocycles. The molecule has 0 bridgehead atoms. The molecule has 0 aromatic rings. The summed E-state index contributed by atoms with van der Waals surface area (Å²) < 4.78 is 11.8. The molecule has 0 heterocycles. The molecule has 48 heavy (non-hydrogen) atoms. The van der Waals surface area contributed by atoms with E-state index in [4.69, 9.17) is 9.47 Å². The van der Waals surface area contributed by atoms with Gasteiger partial charge in [-0.3, -0.25) is 0 Å². The lowest BCUT2D eigenvalue weighted by molar-refractivity contribution is -0.227. The van der Waals surface area contributed by atoms with Crippen molar-refractivity contribution in [3.8, 4) is 0 Å². The van der Waals surface area contributed by atoms with Crippen LogP contribution >= 0.6 is 0 Å². The maximum absolute atomic E-state index is 13.1. The number of ether oxygens (including phenoxy) is 2. The molecule has 0 aromatic carbocycles. The number of hydrogen-bond acceptors (Lipinski definition) is 8. The van der Waals surface area contributed by atoms with E-state index >= 15 is 0 Å². The molecule has 0 spiro atoms. The Bertz CT molecular complexity index is 1470. The highest BCUT2D eigenvalue weighted by molar-refractivity contribution is 5.88. The number of aliphatic hydroxyl groups is 4. The molecule has 0 amide bonds. The Kier molecular flexibility index (Phi) is 9.30. The third-order valence-corrected chi connectivity index (χ3v) is 15.0. The fourth-order valence-electron chi connectivity index (χ4n) is 11.4. The van der Waals surface area contributed by atoms with Crippen molar-refractivity contribution in [2.45, 2.75) is 126 Å². The number of rotatable bonds is 6. The van der Waals surface area contributed by atoms with E-state index in [-0.39, 0.29) is 52.7 Å². The van der Waals surface area contributed by atoms with Crippen molar-refractivity contribution in [1.82, 2.24) is 0 Å². The Morgan fingerprint density at radius 2 is 1.52 bits per heavy atom. The first-order valence-electron chi connectivity index (χ1n) is 18.0. The van der Waals surface area contributed by atoms with Crippen LogP contribution in [0.1, 0.15) is 114 Å². The van der Waals surface area contributed by atoms with E-state index < -0.39 is 46.4 Å². The second-order valence-electron chi connectivity index (χ2n) is 17.5. The molecule has 3 unspecified atom stereocenters. The molecule has 5 aliphatic carbocycles. The largest absolute Gasteiger partial charge is 0.508 e. The number of esters is 2. The van der Waals surface area contributed by atoms with Gasteiger partial charge in [0.15, 0.2) is 5.76 Å². The summed E-state index contributed by atoms with van der Waals surface area (Å²) in [7, 11) is 0. The standard InChI is InChI=1S/C40H60O8/c1-11-23(3)33(45)47-22-37(8)27-15-18-38(9)28(36(27,7)17-16-29(37)42)14-13-25-26-19-35(5,6)31(44)32(48-34(46)24(4)12-2)40(26,21-41)30(43)20-39(25,38)10/h11-13,26-30,41-44H,14-22H2,1-10H3/b23-11+,24-12+/t26?,27?,28?,29-,30+,36-,37+,38+,39+,40-/m0/s1. The quantitative estimate of drug-likeness (QED) is 0.134. The average Bonchev–Trinajstić information content (AvgIpc) is 3.03. The van der Waals surface area contributed by atoms with Crippen molar-refractivity contribution in [1.29, 1.82) is 0 Å². The van der Waals surface area contributed by atoms with Crippen molar-refractivity contribution in [3.63, 3.8) is 0 Å². The van der Waals surface area contributed by atoms with Crippen LogP contribution in [-0.4, -0.2) is 57.8 Å². The van der Waals surface area contributed by atoms with E-state index in [1.165, 1.54) is 5.57 Å². The molecule has 3 fully saturated rings. The molecule has 4 N–H and O–H groups in total. The van der Waals surface area contributed by atoms with Gasteiger partial charge in [-0.05, 0) is 107 Å². The predicted molar refractivity (Wildman–Crippen MR) is 184 cm³/mol. The second kappa shape index (κ2) is 12.1. The number of allylic oxidation sites excluding steroid dienone is 5. The molecule has 3 saturated carbocycles. The highest BCUT2D eigenvalue weighted by Crippen LogP contribution is 2.76. The third kappa shape index (κ3) is 4.93. The fraction of sp³-hybridized carbons (Fsp3) is 0.750. The van der Waals surface area contributed by atoms with Gasteiger partial charge in [-0.15, -0.1) is 0 Å². The molecule has 8 nitrogen and oxygen atoms in total. The van der Waals surface area contributed by atoms with Crippen molar-refractivity contribution >= 4 is 11.9 Å². The highest BCUT2D eigenvalue weighted by atomic mass is 16.5. The molecule has 10 atom stereocenters. The maximum Gasteiger partial charge on any atom is 0.338 e. The second-order valence-corrected chi connectivity index (χ2v) is 17.5. The van der Waals surface area contributed by atoms with E-state index in [0.717, 1.165) is 25.7 Å². The zero-order chi connectivity index (χ0) is 35.8. The van der Waals surface area contributed by atoms with Crippen LogP contribution in [0.25, 0.3) is 0 Å². The Morgan fingerprint density at radius 1 is 0.896 bits per heavy atom. The average molecular weight is 669 g/mol. The molecule has 0 radical (unpaired) electrons. The smallest absolute Gasteiger partial charge is 0.338 e. The molecule has 5 rings (SSSR count). The zero-order valence-electron chi connectivity index (χ0n) is 30.9. The maximum atomic E-state index is 13.1. The normalized spacial score (nSPS) is 44.0. The first-order valence-corrected chi connectivity index (χ1v) is 18.0. The van der Waals surface area contributed by atoms with Crippen LogP contribution in [0.2, 0.25) is 0 Å². The van der Waals surface area contributed by atoms with E-state index in [1.807, 2.05) is 20.8 Å². The first kappa shape index (κ1) is 36.9. The molecule has 5 aliphatic rings. The molecule has 0 saturated heterocycles. The number of carbonyl (C=O) groups is 2. The van der Waals surface area contributed by atoms with E-state index in [0.29, 0.717) is 30.4 Å². The lowest BCUT2D eigenvalue weighted by Gasteiger charge is -2.71. The Hall–Kier alpha value is -2.42. The molecular weight excluding hydrogens is 608 g/mol. The topological polar surface area (TPSA) is 134 Å². The highest BCUT2D eigenvalue weighted by Gasteiger charge is 2.72. The summed E-state index contributed by atoms with van der Waals surface area (Å²) >= 11 is 0. The van der Waals surface area contributed by atoms with Crippen molar-refractivity contribution in [2.24, 2.45) is 50.2 Å². The molecule has 268 valence electrons. The number of fused-ring (bicyclic) bond motifs is 7. The van der Waals surface area contributed by atoms with E-state index in [9.17, 15) is 30.0 Å². The third-order valence-electron chi connectivity index (χ3n) is 15.0. The first-order chi connectivity index (χ1) is 22.2. The summed E-state index contributed by atoms with van der Waals surface area (Å²) in [4.78, 5) is 25.8. The summed E-state index contributed by atoms with van der Waals surface area (Å²) in [5.41, 5.74) is -1.42. The number of carbonyl (C=O) groups excluding carboxylic acids is 2. The summed E-state index contributed by atoms with van der Waals surface area (Å²) in [6.07, 6.45) is 8.92. The molecular formula is C40H60O8.